The average Bonchev–Trinajstić information content (AvgIpc) is 3.27. The fraction of sp³-hybridized carbons (Fsp3) is 0.0526. The Balaban J connectivity index is 1.45. The lowest BCUT2D eigenvalue weighted by Crippen LogP contribution is -2.21. The molecule has 2 heterocycles. The van der Waals surface area contributed by atoms with E-state index in [1.807, 2.05) is 66.0 Å². The van der Waals surface area contributed by atoms with Gasteiger partial charge >= 0.3 is 0 Å². The monoisotopic (exact) mass is 350 g/mol. The van der Waals surface area contributed by atoms with Crippen molar-refractivity contribution in [2.75, 3.05) is 0 Å². The number of amides is 1. The van der Waals surface area contributed by atoms with E-state index >= 15 is 0 Å². The number of benzene rings is 2. The molecule has 0 bridgehead atoms. The van der Waals surface area contributed by atoms with Crippen molar-refractivity contribution in [1.29, 1.82) is 0 Å². The highest BCUT2D eigenvalue weighted by molar-refractivity contribution is 7.20. The summed E-state index contributed by atoms with van der Waals surface area (Å²) >= 11 is 3.08. The van der Waals surface area contributed by atoms with Crippen molar-refractivity contribution in [1.82, 2.24) is 10.3 Å². The molecule has 4 aromatic rings. The van der Waals surface area contributed by atoms with Crippen molar-refractivity contribution in [3.8, 4) is 11.3 Å². The summed E-state index contributed by atoms with van der Waals surface area (Å²) in [7, 11) is 0. The van der Waals surface area contributed by atoms with Crippen molar-refractivity contribution < 1.29 is 4.79 Å². The Morgan fingerprint density at radius 2 is 1.83 bits per heavy atom. The molecule has 2 aromatic carbocycles. The van der Waals surface area contributed by atoms with Gasteiger partial charge in [0, 0.05) is 15.6 Å². The largest absolute Gasteiger partial charge is 0.345 e. The molecule has 118 valence electrons. The Hall–Kier alpha value is -2.50. The van der Waals surface area contributed by atoms with Gasteiger partial charge in [-0.15, -0.1) is 22.7 Å². The molecular formula is C19H14N2OS2. The highest BCUT2D eigenvalue weighted by Crippen LogP contribution is 2.25. The summed E-state index contributed by atoms with van der Waals surface area (Å²) in [4.78, 5) is 17.7. The lowest BCUT2D eigenvalue weighted by molar-refractivity contribution is 0.0955. The van der Waals surface area contributed by atoms with Gasteiger partial charge in [-0.05, 0) is 17.5 Å². The number of carbonyl (C=O) groups excluding carboxylic acids is 1. The molecule has 0 saturated heterocycles. The van der Waals surface area contributed by atoms with Gasteiger partial charge in [0.1, 0.15) is 5.01 Å². The summed E-state index contributed by atoms with van der Waals surface area (Å²) in [5.41, 5.74) is 2.04. The molecule has 2 aromatic heterocycles. The van der Waals surface area contributed by atoms with Gasteiger partial charge in [-0.25, -0.2) is 4.98 Å². The molecule has 5 heteroatoms. The number of carbonyl (C=O) groups is 1. The third-order valence-electron chi connectivity index (χ3n) is 3.67. The van der Waals surface area contributed by atoms with Gasteiger partial charge in [-0.2, -0.15) is 0 Å². The number of nitrogens with zero attached hydrogens (tertiary/aromatic N) is 1. The Morgan fingerprint density at radius 1 is 1.04 bits per heavy atom. The van der Waals surface area contributed by atoms with Crippen LogP contribution in [-0.2, 0) is 6.54 Å². The fourth-order valence-corrected chi connectivity index (χ4v) is 4.19. The van der Waals surface area contributed by atoms with Crippen LogP contribution in [0.5, 0.6) is 0 Å². The standard InChI is InChI=1S/C19H14N2OS2/c22-19(17-10-14-8-4-5-9-16(14)24-17)20-11-18-21-15(12-23-18)13-6-2-1-3-7-13/h1-10,12H,11H2,(H,20,22). The molecule has 0 unspecified atom stereocenters. The van der Waals surface area contributed by atoms with Crippen LogP contribution in [0, 0.1) is 0 Å². The quantitative estimate of drug-likeness (QED) is 0.565. The van der Waals surface area contributed by atoms with Crippen molar-refractivity contribution in [2.24, 2.45) is 0 Å². The molecule has 4 rings (SSSR count). The first kappa shape index (κ1) is 15.1. The van der Waals surface area contributed by atoms with Gasteiger partial charge in [-0.3, -0.25) is 4.79 Å². The van der Waals surface area contributed by atoms with E-state index in [-0.39, 0.29) is 5.91 Å². The third kappa shape index (κ3) is 3.09. The molecule has 0 aliphatic rings. The number of nitrogens with one attached hydrogen (secondary N) is 1. The van der Waals surface area contributed by atoms with Crippen molar-refractivity contribution >= 4 is 38.7 Å². The van der Waals surface area contributed by atoms with E-state index in [0.717, 1.165) is 31.2 Å². The zero-order valence-corrected chi connectivity index (χ0v) is 14.4. The maximum Gasteiger partial charge on any atom is 0.261 e. The first-order chi connectivity index (χ1) is 11.8. The van der Waals surface area contributed by atoms with Gasteiger partial charge in [0.15, 0.2) is 0 Å². The predicted molar refractivity (Wildman–Crippen MR) is 101 cm³/mol. The number of thiophene rings is 1. The van der Waals surface area contributed by atoms with E-state index in [1.54, 1.807) is 11.3 Å². The Labute approximate surface area is 147 Å². The van der Waals surface area contributed by atoms with Crippen molar-refractivity contribution in [3.05, 3.63) is 75.9 Å². The van der Waals surface area contributed by atoms with Gasteiger partial charge in [0.05, 0.1) is 17.1 Å². The number of rotatable bonds is 4. The van der Waals surface area contributed by atoms with Crippen LogP contribution < -0.4 is 5.32 Å². The maximum absolute atomic E-state index is 12.3. The second-order valence-electron chi connectivity index (χ2n) is 5.32. The SMILES string of the molecule is O=C(NCc1nc(-c2ccccc2)cs1)c1cc2ccccc2s1. The molecule has 1 amide bonds. The van der Waals surface area contributed by atoms with Gasteiger partial charge in [0.25, 0.3) is 5.91 Å². The lowest BCUT2D eigenvalue weighted by Gasteiger charge is -2.00. The van der Waals surface area contributed by atoms with Crippen LogP contribution in [0.25, 0.3) is 21.3 Å². The molecule has 0 fully saturated rings. The van der Waals surface area contributed by atoms with Crippen LogP contribution in [0.4, 0.5) is 0 Å². The van der Waals surface area contributed by atoms with E-state index in [0.29, 0.717) is 6.54 Å². The number of thiazole rings is 1. The zero-order chi connectivity index (χ0) is 16.4. The number of aromatic nitrogens is 1. The first-order valence-corrected chi connectivity index (χ1v) is 9.26. The van der Waals surface area contributed by atoms with E-state index in [4.69, 9.17) is 0 Å². The second-order valence-corrected chi connectivity index (χ2v) is 7.35. The average molecular weight is 350 g/mol. The molecular weight excluding hydrogens is 336 g/mol. The molecule has 0 radical (unpaired) electrons. The topological polar surface area (TPSA) is 42.0 Å². The second kappa shape index (κ2) is 6.55. The van der Waals surface area contributed by atoms with Crippen molar-refractivity contribution in [2.45, 2.75) is 6.54 Å². The molecule has 1 N–H and O–H groups in total. The Kier molecular flexibility index (Phi) is 4.11. The minimum atomic E-state index is -0.0485. The van der Waals surface area contributed by atoms with Crippen LogP contribution in [0.15, 0.2) is 66.0 Å². The predicted octanol–water partition coefficient (Wildman–Crippen LogP) is 4.95. The minimum absolute atomic E-state index is 0.0485. The summed E-state index contributed by atoms with van der Waals surface area (Å²) in [5.74, 6) is -0.0485. The van der Waals surface area contributed by atoms with E-state index in [2.05, 4.69) is 10.3 Å². The molecule has 0 atom stereocenters. The maximum atomic E-state index is 12.3. The Morgan fingerprint density at radius 3 is 2.67 bits per heavy atom. The highest BCUT2D eigenvalue weighted by atomic mass is 32.1. The van der Waals surface area contributed by atoms with Crippen LogP contribution in [0.3, 0.4) is 0 Å². The summed E-state index contributed by atoms with van der Waals surface area (Å²) in [6, 6.07) is 20.0. The summed E-state index contributed by atoms with van der Waals surface area (Å²) in [5, 5.41) is 7.00. The van der Waals surface area contributed by atoms with Gasteiger partial charge in [-0.1, -0.05) is 48.5 Å². The number of fused-ring (bicyclic) bond motifs is 1. The molecule has 0 aliphatic heterocycles. The number of hydrogen-bond acceptors (Lipinski definition) is 4. The van der Waals surface area contributed by atoms with Gasteiger partial charge < -0.3 is 5.32 Å². The van der Waals surface area contributed by atoms with E-state index in [1.165, 1.54) is 11.3 Å². The summed E-state index contributed by atoms with van der Waals surface area (Å²) in [6.07, 6.45) is 0. The van der Waals surface area contributed by atoms with E-state index in [9.17, 15) is 4.79 Å². The van der Waals surface area contributed by atoms with Crippen molar-refractivity contribution in [3.63, 3.8) is 0 Å². The molecule has 0 saturated carbocycles. The van der Waals surface area contributed by atoms with E-state index < -0.39 is 0 Å². The lowest BCUT2D eigenvalue weighted by atomic mass is 10.2. The number of hydrogen-bond donors (Lipinski definition) is 1. The third-order valence-corrected chi connectivity index (χ3v) is 5.63. The first-order valence-electron chi connectivity index (χ1n) is 7.56. The molecule has 0 spiro atoms. The smallest absolute Gasteiger partial charge is 0.261 e. The van der Waals surface area contributed by atoms with Crippen LogP contribution in [0.1, 0.15) is 14.7 Å². The van der Waals surface area contributed by atoms with Crippen LogP contribution in [0.2, 0.25) is 0 Å². The molecule has 3 nitrogen and oxygen atoms in total. The zero-order valence-electron chi connectivity index (χ0n) is 12.7. The van der Waals surface area contributed by atoms with Crippen LogP contribution >= 0.6 is 22.7 Å². The van der Waals surface area contributed by atoms with Gasteiger partial charge in [0.2, 0.25) is 0 Å². The molecule has 24 heavy (non-hydrogen) atoms. The highest BCUT2D eigenvalue weighted by Gasteiger charge is 2.11. The van der Waals surface area contributed by atoms with Crippen LogP contribution in [-0.4, -0.2) is 10.9 Å². The fourth-order valence-electron chi connectivity index (χ4n) is 2.47. The Bertz CT molecular complexity index is 956. The summed E-state index contributed by atoms with van der Waals surface area (Å²) in [6.45, 7) is 0.449. The summed E-state index contributed by atoms with van der Waals surface area (Å²) < 4.78 is 1.13. The molecule has 0 aliphatic carbocycles. The normalized spacial score (nSPS) is 10.8. The minimum Gasteiger partial charge on any atom is -0.345 e.